The van der Waals surface area contributed by atoms with Crippen molar-refractivity contribution < 1.29 is 4.79 Å². The molecule has 0 saturated carbocycles. The molecule has 0 fully saturated rings. The first-order chi connectivity index (χ1) is 13.0. The van der Waals surface area contributed by atoms with Crippen LogP contribution in [0.5, 0.6) is 0 Å². The molecule has 136 valence electrons. The predicted molar refractivity (Wildman–Crippen MR) is 108 cm³/mol. The molecule has 4 rings (SSSR count). The molecule has 0 aliphatic carbocycles. The SMILES string of the molecule is Cc1ccc(Nc2cc(C(=O)N3c4ccccc4CC3C)ncn2)c(C)c1. The summed E-state index contributed by atoms with van der Waals surface area (Å²) in [6, 6.07) is 16.0. The summed E-state index contributed by atoms with van der Waals surface area (Å²) < 4.78 is 0. The maximum Gasteiger partial charge on any atom is 0.277 e. The Bertz CT molecular complexity index is 1010. The van der Waals surface area contributed by atoms with Crippen LogP contribution >= 0.6 is 0 Å². The third-order valence-electron chi connectivity index (χ3n) is 4.96. The van der Waals surface area contributed by atoms with Gasteiger partial charge in [0, 0.05) is 23.5 Å². The van der Waals surface area contributed by atoms with E-state index in [0.717, 1.165) is 23.4 Å². The number of amides is 1. The van der Waals surface area contributed by atoms with Crippen molar-refractivity contribution in [3.63, 3.8) is 0 Å². The summed E-state index contributed by atoms with van der Waals surface area (Å²) in [5, 5.41) is 3.29. The van der Waals surface area contributed by atoms with E-state index in [1.54, 1.807) is 6.07 Å². The molecule has 1 unspecified atom stereocenters. The van der Waals surface area contributed by atoms with Crippen LogP contribution in [0.25, 0.3) is 0 Å². The number of aromatic nitrogens is 2. The zero-order chi connectivity index (χ0) is 19.0. The average Bonchev–Trinajstić information content (AvgIpc) is 2.99. The predicted octanol–water partition coefficient (Wildman–Crippen LogP) is 4.43. The van der Waals surface area contributed by atoms with Gasteiger partial charge in [-0.15, -0.1) is 0 Å². The van der Waals surface area contributed by atoms with Gasteiger partial charge in [-0.05, 0) is 50.5 Å². The first-order valence-corrected chi connectivity index (χ1v) is 9.11. The number of carbonyl (C=O) groups is 1. The van der Waals surface area contributed by atoms with Gasteiger partial charge in [0.25, 0.3) is 5.91 Å². The Kier molecular flexibility index (Phi) is 4.36. The van der Waals surface area contributed by atoms with Gasteiger partial charge in [-0.25, -0.2) is 9.97 Å². The Morgan fingerprint density at radius 1 is 1.11 bits per heavy atom. The normalized spacial score (nSPS) is 15.5. The fraction of sp³-hybridized carbons (Fsp3) is 0.227. The molecular formula is C22H22N4O. The van der Waals surface area contributed by atoms with E-state index in [-0.39, 0.29) is 11.9 Å². The summed E-state index contributed by atoms with van der Waals surface area (Å²) in [6.45, 7) is 6.17. The molecule has 2 aromatic carbocycles. The Hall–Kier alpha value is -3.21. The van der Waals surface area contributed by atoms with Crippen molar-refractivity contribution in [3.8, 4) is 0 Å². The number of aryl methyl sites for hydroxylation is 2. The topological polar surface area (TPSA) is 58.1 Å². The van der Waals surface area contributed by atoms with Crippen molar-refractivity contribution in [3.05, 3.63) is 77.2 Å². The van der Waals surface area contributed by atoms with Crippen LogP contribution in [0, 0.1) is 13.8 Å². The van der Waals surface area contributed by atoms with Crippen LogP contribution in [-0.2, 0) is 6.42 Å². The Balaban J connectivity index is 1.62. The van der Waals surface area contributed by atoms with Crippen molar-refractivity contribution in [2.24, 2.45) is 0 Å². The highest BCUT2D eigenvalue weighted by molar-refractivity contribution is 6.06. The van der Waals surface area contributed by atoms with E-state index in [1.165, 1.54) is 17.5 Å². The van der Waals surface area contributed by atoms with Gasteiger partial charge in [0.05, 0.1) is 0 Å². The van der Waals surface area contributed by atoms with E-state index in [2.05, 4.69) is 41.3 Å². The number of rotatable bonds is 3. The highest BCUT2D eigenvalue weighted by Gasteiger charge is 2.31. The van der Waals surface area contributed by atoms with Crippen LogP contribution in [0.3, 0.4) is 0 Å². The maximum absolute atomic E-state index is 13.1. The lowest BCUT2D eigenvalue weighted by molar-refractivity contribution is 0.0976. The Morgan fingerprint density at radius 3 is 2.74 bits per heavy atom. The summed E-state index contributed by atoms with van der Waals surface area (Å²) in [6.07, 6.45) is 2.30. The number of nitrogens with zero attached hydrogens (tertiary/aromatic N) is 3. The maximum atomic E-state index is 13.1. The number of hydrogen-bond acceptors (Lipinski definition) is 4. The quantitative estimate of drug-likeness (QED) is 0.752. The lowest BCUT2D eigenvalue weighted by Crippen LogP contribution is -2.36. The molecule has 0 bridgehead atoms. The van der Waals surface area contributed by atoms with Gasteiger partial charge in [0.15, 0.2) is 0 Å². The first-order valence-electron chi connectivity index (χ1n) is 9.11. The van der Waals surface area contributed by atoms with Crippen LogP contribution in [0.1, 0.15) is 34.1 Å². The molecule has 1 N–H and O–H groups in total. The van der Waals surface area contributed by atoms with Crippen molar-refractivity contribution in [2.45, 2.75) is 33.2 Å². The molecule has 2 heterocycles. The lowest BCUT2D eigenvalue weighted by Gasteiger charge is -2.22. The van der Waals surface area contributed by atoms with E-state index < -0.39 is 0 Å². The van der Waals surface area contributed by atoms with Crippen molar-refractivity contribution >= 4 is 23.1 Å². The number of carbonyl (C=O) groups excluding carboxylic acids is 1. The number of fused-ring (bicyclic) bond motifs is 1. The van der Waals surface area contributed by atoms with E-state index >= 15 is 0 Å². The van der Waals surface area contributed by atoms with E-state index in [1.807, 2.05) is 42.2 Å². The molecule has 5 heteroatoms. The van der Waals surface area contributed by atoms with Gasteiger partial charge in [0.1, 0.15) is 17.8 Å². The minimum Gasteiger partial charge on any atom is -0.340 e. The second kappa shape index (κ2) is 6.83. The molecule has 1 aliphatic rings. The van der Waals surface area contributed by atoms with Gasteiger partial charge in [-0.3, -0.25) is 4.79 Å². The van der Waals surface area contributed by atoms with Crippen LogP contribution in [0.15, 0.2) is 54.9 Å². The van der Waals surface area contributed by atoms with Gasteiger partial charge < -0.3 is 10.2 Å². The molecule has 3 aromatic rings. The van der Waals surface area contributed by atoms with Crippen molar-refractivity contribution in [1.29, 1.82) is 0 Å². The highest BCUT2D eigenvalue weighted by Crippen LogP contribution is 2.33. The molecule has 1 amide bonds. The molecule has 0 spiro atoms. The monoisotopic (exact) mass is 358 g/mol. The number of benzene rings is 2. The molecule has 1 atom stereocenters. The van der Waals surface area contributed by atoms with E-state index in [9.17, 15) is 4.79 Å². The summed E-state index contributed by atoms with van der Waals surface area (Å²) in [7, 11) is 0. The standard InChI is InChI=1S/C22H22N4O/c1-14-8-9-18(15(2)10-14)25-21-12-19(23-13-24-21)22(27)26-16(3)11-17-6-4-5-7-20(17)26/h4-10,12-13,16H,11H2,1-3H3,(H,23,24,25). The van der Waals surface area contributed by atoms with Gasteiger partial charge in [-0.1, -0.05) is 35.9 Å². The molecule has 1 aromatic heterocycles. The average molecular weight is 358 g/mol. The zero-order valence-corrected chi connectivity index (χ0v) is 15.7. The van der Waals surface area contributed by atoms with E-state index in [0.29, 0.717) is 11.5 Å². The number of nitrogens with one attached hydrogen (secondary N) is 1. The van der Waals surface area contributed by atoms with Gasteiger partial charge in [-0.2, -0.15) is 0 Å². The van der Waals surface area contributed by atoms with Gasteiger partial charge in [0.2, 0.25) is 0 Å². The Labute approximate surface area is 159 Å². The second-order valence-electron chi connectivity index (χ2n) is 7.09. The van der Waals surface area contributed by atoms with Crippen LogP contribution < -0.4 is 10.2 Å². The van der Waals surface area contributed by atoms with Crippen LogP contribution in [0.2, 0.25) is 0 Å². The lowest BCUT2D eigenvalue weighted by atomic mass is 10.1. The third kappa shape index (κ3) is 3.28. The summed E-state index contributed by atoms with van der Waals surface area (Å²) >= 11 is 0. The second-order valence-corrected chi connectivity index (χ2v) is 7.09. The zero-order valence-electron chi connectivity index (χ0n) is 15.7. The molecule has 5 nitrogen and oxygen atoms in total. The summed E-state index contributed by atoms with van der Waals surface area (Å²) in [5.74, 6) is 0.513. The molecule has 1 aliphatic heterocycles. The highest BCUT2D eigenvalue weighted by atomic mass is 16.2. The fourth-order valence-electron chi connectivity index (χ4n) is 3.63. The number of anilines is 3. The number of hydrogen-bond donors (Lipinski definition) is 1. The fourth-order valence-corrected chi connectivity index (χ4v) is 3.63. The Morgan fingerprint density at radius 2 is 1.93 bits per heavy atom. The van der Waals surface area contributed by atoms with Crippen molar-refractivity contribution in [1.82, 2.24) is 9.97 Å². The molecule has 0 saturated heterocycles. The molecule has 27 heavy (non-hydrogen) atoms. The van der Waals surface area contributed by atoms with Gasteiger partial charge >= 0.3 is 0 Å². The van der Waals surface area contributed by atoms with E-state index in [4.69, 9.17) is 0 Å². The third-order valence-corrected chi connectivity index (χ3v) is 4.96. The largest absolute Gasteiger partial charge is 0.340 e. The first kappa shape index (κ1) is 17.2. The number of para-hydroxylation sites is 1. The minimum absolute atomic E-state index is 0.0986. The van der Waals surface area contributed by atoms with Crippen molar-refractivity contribution in [2.75, 3.05) is 10.2 Å². The molecule has 0 radical (unpaired) electrons. The van der Waals surface area contributed by atoms with Crippen LogP contribution in [-0.4, -0.2) is 21.9 Å². The summed E-state index contributed by atoms with van der Waals surface area (Å²) in [4.78, 5) is 23.5. The minimum atomic E-state index is -0.0986. The summed E-state index contributed by atoms with van der Waals surface area (Å²) in [5.41, 5.74) is 5.86. The van der Waals surface area contributed by atoms with Crippen LogP contribution in [0.4, 0.5) is 17.2 Å². The smallest absolute Gasteiger partial charge is 0.277 e. The molecular weight excluding hydrogens is 336 g/mol.